The van der Waals surface area contributed by atoms with E-state index in [4.69, 9.17) is 0 Å². The smallest absolute Gasteiger partial charge is 0.299 e. The second-order valence-electron chi connectivity index (χ2n) is 5.78. The SMILES string of the molecule is CCCCC(CC)CN1C(=O)C(=O)c2cc(Br)cc(C)c21. The molecule has 114 valence electrons. The van der Waals surface area contributed by atoms with Gasteiger partial charge in [-0.3, -0.25) is 9.59 Å². The molecule has 0 saturated carbocycles. The molecule has 0 saturated heterocycles. The third-order valence-electron chi connectivity index (χ3n) is 4.20. The summed E-state index contributed by atoms with van der Waals surface area (Å²) < 4.78 is 0.847. The van der Waals surface area contributed by atoms with E-state index in [0.29, 0.717) is 18.0 Å². The highest BCUT2D eigenvalue weighted by Gasteiger charge is 2.37. The van der Waals surface area contributed by atoms with Crippen LogP contribution < -0.4 is 4.90 Å². The highest BCUT2D eigenvalue weighted by Crippen LogP contribution is 2.36. The van der Waals surface area contributed by atoms with Crippen LogP contribution in [0, 0.1) is 12.8 Å². The van der Waals surface area contributed by atoms with E-state index in [2.05, 4.69) is 29.8 Å². The van der Waals surface area contributed by atoms with Crippen molar-refractivity contribution in [1.29, 1.82) is 0 Å². The summed E-state index contributed by atoms with van der Waals surface area (Å²) in [4.78, 5) is 26.2. The molecule has 2 rings (SSSR count). The zero-order chi connectivity index (χ0) is 15.6. The zero-order valence-corrected chi connectivity index (χ0v) is 14.5. The Balaban J connectivity index is 2.30. The Morgan fingerprint density at radius 1 is 1.24 bits per heavy atom. The van der Waals surface area contributed by atoms with Gasteiger partial charge in [0.15, 0.2) is 0 Å². The van der Waals surface area contributed by atoms with Crippen molar-refractivity contribution in [3.8, 4) is 0 Å². The number of halogens is 1. The molecule has 0 radical (unpaired) electrons. The van der Waals surface area contributed by atoms with Crippen molar-refractivity contribution in [3.63, 3.8) is 0 Å². The lowest BCUT2D eigenvalue weighted by atomic mass is 9.98. The van der Waals surface area contributed by atoms with E-state index in [0.717, 1.165) is 35.0 Å². The topological polar surface area (TPSA) is 37.4 Å². The van der Waals surface area contributed by atoms with Crippen LogP contribution in [0.4, 0.5) is 5.69 Å². The summed E-state index contributed by atoms with van der Waals surface area (Å²) in [5.41, 5.74) is 2.32. The average Bonchev–Trinajstić information content (AvgIpc) is 2.68. The first-order chi connectivity index (χ1) is 9.99. The standard InChI is InChI=1S/C17H22BrNO2/c1-4-6-7-12(5-2)10-19-15-11(3)8-13(18)9-14(15)16(20)17(19)21/h8-9,12H,4-7,10H2,1-3H3. The number of carbonyl (C=O) groups is 2. The number of Topliss-reactive ketones (excluding diaryl/α,β-unsaturated/α-hetero) is 1. The molecule has 0 fully saturated rings. The van der Waals surface area contributed by atoms with E-state index in [1.165, 1.54) is 6.42 Å². The van der Waals surface area contributed by atoms with E-state index in [1.54, 1.807) is 11.0 Å². The summed E-state index contributed by atoms with van der Waals surface area (Å²) in [6.07, 6.45) is 4.46. The molecule has 1 aliphatic heterocycles. The molecule has 1 aromatic rings. The van der Waals surface area contributed by atoms with Gasteiger partial charge in [0.25, 0.3) is 11.7 Å². The zero-order valence-electron chi connectivity index (χ0n) is 12.9. The second kappa shape index (κ2) is 6.73. The van der Waals surface area contributed by atoms with Crippen LogP contribution in [-0.4, -0.2) is 18.2 Å². The monoisotopic (exact) mass is 351 g/mol. The first-order valence-corrected chi connectivity index (χ1v) is 8.45. The lowest BCUT2D eigenvalue weighted by Crippen LogP contribution is -2.34. The molecule has 3 nitrogen and oxygen atoms in total. The van der Waals surface area contributed by atoms with Crippen molar-refractivity contribution in [1.82, 2.24) is 0 Å². The predicted octanol–water partition coefficient (Wildman–Crippen LogP) is 4.50. The largest absolute Gasteiger partial charge is 0.304 e. The molecule has 1 unspecified atom stereocenters. The van der Waals surface area contributed by atoms with Crippen LogP contribution in [0.3, 0.4) is 0 Å². The van der Waals surface area contributed by atoms with E-state index in [9.17, 15) is 9.59 Å². The van der Waals surface area contributed by atoms with Crippen LogP contribution in [0.5, 0.6) is 0 Å². The van der Waals surface area contributed by atoms with Crippen LogP contribution in [0.25, 0.3) is 0 Å². The van der Waals surface area contributed by atoms with Crippen molar-refractivity contribution < 1.29 is 9.59 Å². The lowest BCUT2D eigenvalue weighted by Gasteiger charge is -2.24. The Hall–Kier alpha value is -1.16. The number of unbranched alkanes of at least 4 members (excludes halogenated alkanes) is 1. The number of ketones is 1. The number of carbonyl (C=O) groups excluding carboxylic acids is 2. The Morgan fingerprint density at radius 2 is 1.95 bits per heavy atom. The number of amides is 1. The summed E-state index contributed by atoms with van der Waals surface area (Å²) >= 11 is 3.40. The molecule has 1 atom stereocenters. The van der Waals surface area contributed by atoms with Crippen LogP contribution in [0.15, 0.2) is 16.6 Å². The Morgan fingerprint density at radius 3 is 2.57 bits per heavy atom. The number of rotatable bonds is 6. The summed E-state index contributed by atoms with van der Waals surface area (Å²) in [6, 6.07) is 3.72. The minimum absolute atomic E-state index is 0.374. The fourth-order valence-corrected chi connectivity index (χ4v) is 3.53. The number of hydrogen-bond donors (Lipinski definition) is 0. The van der Waals surface area contributed by atoms with E-state index in [1.807, 2.05) is 13.0 Å². The maximum atomic E-state index is 12.3. The molecule has 0 bridgehead atoms. The normalized spacial score (nSPS) is 15.5. The van der Waals surface area contributed by atoms with Crippen LogP contribution >= 0.6 is 15.9 Å². The van der Waals surface area contributed by atoms with Gasteiger partial charge in [0.05, 0.1) is 11.3 Å². The van der Waals surface area contributed by atoms with Crippen molar-refractivity contribution in [2.45, 2.75) is 46.5 Å². The second-order valence-corrected chi connectivity index (χ2v) is 6.70. The molecule has 4 heteroatoms. The summed E-state index contributed by atoms with van der Waals surface area (Å²) in [7, 11) is 0. The average molecular weight is 352 g/mol. The molecule has 0 spiro atoms. The van der Waals surface area contributed by atoms with Gasteiger partial charge < -0.3 is 4.90 Å². The maximum Gasteiger partial charge on any atom is 0.299 e. The Bertz CT molecular complexity index is 568. The van der Waals surface area contributed by atoms with Crippen LogP contribution in [-0.2, 0) is 4.79 Å². The summed E-state index contributed by atoms with van der Waals surface area (Å²) in [6.45, 7) is 6.93. The molecule has 1 amide bonds. The van der Waals surface area contributed by atoms with Gasteiger partial charge >= 0.3 is 0 Å². The van der Waals surface area contributed by atoms with Crippen molar-refractivity contribution in [2.75, 3.05) is 11.4 Å². The van der Waals surface area contributed by atoms with Gasteiger partial charge in [0.1, 0.15) is 0 Å². The van der Waals surface area contributed by atoms with E-state index in [-0.39, 0.29) is 11.7 Å². The molecule has 0 N–H and O–H groups in total. The number of fused-ring (bicyclic) bond motifs is 1. The minimum Gasteiger partial charge on any atom is -0.304 e. The quantitative estimate of drug-likeness (QED) is 0.707. The fourth-order valence-electron chi connectivity index (χ4n) is 2.96. The third kappa shape index (κ3) is 3.20. The van der Waals surface area contributed by atoms with Gasteiger partial charge in [-0.05, 0) is 37.0 Å². The van der Waals surface area contributed by atoms with E-state index >= 15 is 0 Å². The van der Waals surface area contributed by atoms with Gasteiger partial charge in [-0.1, -0.05) is 49.0 Å². The van der Waals surface area contributed by atoms with Crippen molar-refractivity contribution in [2.24, 2.45) is 5.92 Å². The highest BCUT2D eigenvalue weighted by molar-refractivity contribution is 9.10. The number of hydrogen-bond acceptors (Lipinski definition) is 2. The van der Waals surface area contributed by atoms with Gasteiger partial charge in [-0.2, -0.15) is 0 Å². The van der Waals surface area contributed by atoms with Gasteiger partial charge in [0.2, 0.25) is 0 Å². The van der Waals surface area contributed by atoms with Gasteiger partial charge in [-0.15, -0.1) is 0 Å². The number of benzene rings is 1. The molecular weight excluding hydrogens is 330 g/mol. The maximum absolute atomic E-state index is 12.3. The third-order valence-corrected chi connectivity index (χ3v) is 4.66. The predicted molar refractivity (Wildman–Crippen MR) is 88.9 cm³/mol. The molecular formula is C17H22BrNO2. The lowest BCUT2D eigenvalue weighted by molar-refractivity contribution is -0.114. The van der Waals surface area contributed by atoms with Crippen LogP contribution in [0.2, 0.25) is 0 Å². The van der Waals surface area contributed by atoms with Crippen molar-refractivity contribution >= 4 is 33.3 Å². The summed E-state index contributed by atoms with van der Waals surface area (Å²) in [5, 5.41) is 0. The molecule has 0 aliphatic carbocycles. The number of aryl methyl sites for hydroxylation is 1. The molecule has 1 heterocycles. The molecule has 21 heavy (non-hydrogen) atoms. The number of nitrogens with zero attached hydrogens (tertiary/aromatic N) is 1. The highest BCUT2D eigenvalue weighted by atomic mass is 79.9. The van der Waals surface area contributed by atoms with Gasteiger partial charge in [-0.25, -0.2) is 0 Å². The van der Waals surface area contributed by atoms with Crippen molar-refractivity contribution in [3.05, 3.63) is 27.7 Å². The Labute approximate surface area is 134 Å². The molecule has 1 aliphatic rings. The molecule has 1 aromatic carbocycles. The summed E-state index contributed by atoms with van der Waals surface area (Å²) in [5.74, 6) is -0.295. The van der Waals surface area contributed by atoms with E-state index < -0.39 is 0 Å². The minimum atomic E-state index is -0.375. The first kappa shape index (κ1) is 16.2. The van der Waals surface area contributed by atoms with Crippen LogP contribution in [0.1, 0.15) is 55.5 Å². The fraction of sp³-hybridized carbons (Fsp3) is 0.529. The Kier molecular flexibility index (Phi) is 5.20. The number of anilines is 1. The van der Waals surface area contributed by atoms with Gasteiger partial charge in [0, 0.05) is 11.0 Å². The first-order valence-electron chi connectivity index (χ1n) is 7.65. The molecule has 0 aromatic heterocycles.